The minimum Gasteiger partial charge on any atom is -0.399 e. The van der Waals surface area contributed by atoms with Crippen molar-refractivity contribution in [2.45, 2.75) is 13.3 Å². The van der Waals surface area contributed by atoms with Crippen molar-refractivity contribution in [1.82, 2.24) is 0 Å². The van der Waals surface area contributed by atoms with Gasteiger partial charge >= 0.3 is 0 Å². The number of hydrogen-bond donors (Lipinski definition) is 1. The lowest BCUT2D eigenvalue weighted by Crippen LogP contribution is -2.32. The first kappa shape index (κ1) is 15.0. The van der Waals surface area contributed by atoms with Crippen LogP contribution in [-0.4, -0.2) is 12.5 Å². The summed E-state index contributed by atoms with van der Waals surface area (Å²) < 4.78 is 27.2. The van der Waals surface area contributed by atoms with Crippen molar-refractivity contribution < 1.29 is 13.6 Å². The highest BCUT2D eigenvalue weighted by atomic mass is 19.1. The Morgan fingerprint density at radius 2 is 1.67 bits per heavy atom. The topological polar surface area (TPSA) is 46.3 Å². The highest BCUT2D eigenvalue weighted by Crippen LogP contribution is 2.19. The van der Waals surface area contributed by atoms with Crippen LogP contribution in [0.15, 0.2) is 42.5 Å². The molecule has 2 N–H and O–H groups in total. The Hall–Kier alpha value is -2.43. The maximum Gasteiger partial charge on any atom is 0.231 e. The van der Waals surface area contributed by atoms with Crippen LogP contribution in [0, 0.1) is 11.6 Å². The Morgan fingerprint density at radius 1 is 1.10 bits per heavy atom. The Balaban J connectivity index is 2.23. The van der Waals surface area contributed by atoms with Crippen LogP contribution in [0.25, 0.3) is 0 Å². The molecule has 5 heteroatoms. The van der Waals surface area contributed by atoms with E-state index >= 15 is 0 Å². The molecule has 0 radical (unpaired) electrons. The summed E-state index contributed by atoms with van der Waals surface area (Å²) in [6, 6.07) is 10.3. The molecule has 0 spiro atoms. The van der Waals surface area contributed by atoms with E-state index in [9.17, 15) is 13.6 Å². The Kier molecular flexibility index (Phi) is 4.52. The summed E-state index contributed by atoms with van der Waals surface area (Å²) in [6.45, 7) is 2.20. The van der Waals surface area contributed by atoms with Gasteiger partial charge in [-0.1, -0.05) is 6.07 Å². The molecule has 0 unspecified atom stereocenters. The molecule has 0 aliphatic heterocycles. The average molecular weight is 290 g/mol. The van der Waals surface area contributed by atoms with Gasteiger partial charge in [0.2, 0.25) is 5.91 Å². The van der Waals surface area contributed by atoms with Gasteiger partial charge in [-0.25, -0.2) is 8.78 Å². The van der Waals surface area contributed by atoms with E-state index in [0.29, 0.717) is 17.9 Å². The lowest BCUT2D eigenvalue weighted by Gasteiger charge is -2.21. The summed E-state index contributed by atoms with van der Waals surface area (Å²) in [5, 5.41) is 0. The highest BCUT2D eigenvalue weighted by molar-refractivity contribution is 5.94. The number of carbonyl (C=O) groups is 1. The molecule has 0 aliphatic carbocycles. The number of anilines is 2. The molecule has 1 amide bonds. The zero-order chi connectivity index (χ0) is 15.4. The van der Waals surface area contributed by atoms with Crippen LogP contribution in [0.3, 0.4) is 0 Å². The van der Waals surface area contributed by atoms with Crippen molar-refractivity contribution >= 4 is 17.3 Å². The van der Waals surface area contributed by atoms with Crippen LogP contribution in [0.4, 0.5) is 20.2 Å². The van der Waals surface area contributed by atoms with E-state index in [2.05, 4.69) is 0 Å². The van der Waals surface area contributed by atoms with E-state index in [1.165, 1.54) is 11.0 Å². The molecule has 2 aromatic carbocycles. The quantitative estimate of drug-likeness (QED) is 0.879. The van der Waals surface area contributed by atoms with Crippen LogP contribution >= 0.6 is 0 Å². The fourth-order valence-electron chi connectivity index (χ4n) is 2.11. The first-order valence-electron chi connectivity index (χ1n) is 6.61. The normalized spacial score (nSPS) is 10.4. The number of amides is 1. The van der Waals surface area contributed by atoms with E-state index < -0.39 is 11.6 Å². The second kappa shape index (κ2) is 6.35. The predicted molar refractivity (Wildman–Crippen MR) is 78.9 cm³/mol. The summed E-state index contributed by atoms with van der Waals surface area (Å²) in [4.78, 5) is 13.8. The lowest BCUT2D eigenvalue weighted by molar-refractivity contribution is -0.118. The molecule has 3 nitrogen and oxygen atoms in total. The fraction of sp³-hybridized carbons (Fsp3) is 0.188. The van der Waals surface area contributed by atoms with Crippen LogP contribution in [0.5, 0.6) is 0 Å². The van der Waals surface area contributed by atoms with Crippen LogP contribution < -0.4 is 10.6 Å². The summed E-state index contributed by atoms with van der Waals surface area (Å²) in [5.74, 6) is -1.79. The van der Waals surface area contributed by atoms with E-state index in [4.69, 9.17) is 5.73 Å². The zero-order valence-corrected chi connectivity index (χ0v) is 11.6. The van der Waals surface area contributed by atoms with Gasteiger partial charge in [-0.2, -0.15) is 0 Å². The van der Waals surface area contributed by atoms with Crippen molar-refractivity contribution in [2.75, 3.05) is 17.2 Å². The van der Waals surface area contributed by atoms with Crippen molar-refractivity contribution in [3.05, 3.63) is 59.7 Å². The minimum atomic E-state index is -0.711. The molecular formula is C16H16F2N2O. The van der Waals surface area contributed by atoms with E-state index in [1.807, 2.05) is 0 Å². The number of likely N-dealkylation sites (N-methyl/N-ethyl adjacent to an activating group) is 1. The van der Waals surface area contributed by atoms with E-state index in [-0.39, 0.29) is 17.9 Å². The number of nitrogens with zero attached hydrogens (tertiary/aromatic N) is 1. The third-order valence-electron chi connectivity index (χ3n) is 3.21. The number of nitrogens with two attached hydrogens (primary N) is 1. The predicted octanol–water partition coefficient (Wildman–Crippen LogP) is 3.14. The maximum atomic E-state index is 13.6. The van der Waals surface area contributed by atoms with Gasteiger partial charge in [-0.15, -0.1) is 0 Å². The van der Waals surface area contributed by atoms with Gasteiger partial charge in [0.15, 0.2) is 0 Å². The number of rotatable bonds is 4. The Morgan fingerprint density at radius 3 is 2.19 bits per heavy atom. The van der Waals surface area contributed by atoms with Gasteiger partial charge in [0.1, 0.15) is 11.6 Å². The lowest BCUT2D eigenvalue weighted by atomic mass is 10.1. The molecule has 2 aromatic rings. The third-order valence-corrected chi connectivity index (χ3v) is 3.21. The monoisotopic (exact) mass is 290 g/mol. The molecule has 0 aliphatic rings. The first-order valence-corrected chi connectivity index (χ1v) is 6.61. The zero-order valence-electron chi connectivity index (χ0n) is 11.6. The van der Waals surface area contributed by atoms with E-state index in [1.54, 1.807) is 31.2 Å². The minimum absolute atomic E-state index is 0.212. The van der Waals surface area contributed by atoms with Crippen LogP contribution in [0.2, 0.25) is 0 Å². The van der Waals surface area contributed by atoms with Gasteiger partial charge in [0.05, 0.1) is 6.42 Å². The number of benzene rings is 2. The maximum absolute atomic E-state index is 13.6. The fourth-order valence-corrected chi connectivity index (χ4v) is 2.11. The van der Waals surface area contributed by atoms with Crippen LogP contribution in [0.1, 0.15) is 12.5 Å². The van der Waals surface area contributed by atoms with Crippen molar-refractivity contribution in [1.29, 1.82) is 0 Å². The molecule has 0 heterocycles. The van der Waals surface area contributed by atoms with Gasteiger partial charge in [0, 0.05) is 23.5 Å². The molecule has 2 rings (SSSR count). The first-order chi connectivity index (χ1) is 10.0. The molecule has 0 aromatic heterocycles. The summed E-state index contributed by atoms with van der Waals surface area (Å²) >= 11 is 0. The van der Waals surface area contributed by atoms with Gasteiger partial charge in [-0.05, 0) is 43.3 Å². The molecule has 0 saturated carbocycles. The third kappa shape index (κ3) is 3.37. The van der Waals surface area contributed by atoms with E-state index in [0.717, 1.165) is 12.1 Å². The van der Waals surface area contributed by atoms with Gasteiger partial charge in [0.25, 0.3) is 0 Å². The summed E-state index contributed by atoms with van der Waals surface area (Å²) in [6.07, 6.45) is -0.323. The second-order valence-corrected chi connectivity index (χ2v) is 4.61. The SMILES string of the molecule is CCN(C(=O)Cc1c(F)cccc1F)c1ccc(N)cc1. The molecule has 0 atom stereocenters. The standard InChI is InChI=1S/C16H16F2N2O/c1-2-20(12-8-6-11(19)7-9-12)16(21)10-13-14(17)4-3-5-15(13)18/h3-9H,2,10,19H2,1H3. The molecule has 0 bridgehead atoms. The van der Waals surface area contributed by atoms with Crippen molar-refractivity contribution in [3.63, 3.8) is 0 Å². The Bertz CT molecular complexity index is 621. The number of nitrogen functional groups attached to an aromatic ring is 1. The number of hydrogen-bond acceptors (Lipinski definition) is 2. The smallest absolute Gasteiger partial charge is 0.231 e. The summed E-state index contributed by atoms with van der Waals surface area (Å²) in [5.41, 5.74) is 6.63. The molecule has 110 valence electrons. The molecular weight excluding hydrogens is 274 g/mol. The molecule has 0 saturated heterocycles. The molecule has 21 heavy (non-hydrogen) atoms. The number of halogens is 2. The largest absolute Gasteiger partial charge is 0.399 e. The Labute approximate surface area is 122 Å². The van der Waals surface area contributed by atoms with Gasteiger partial charge < -0.3 is 10.6 Å². The molecule has 0 fully saturated rings. The van der Waals surface area contributed by atoms with Crippen molar-refractivity contribution in [2.24, 2.45) is 0 Å². The second-order valence-electron chi connectivity index (χ2n) is 4.61. The number of carbonyl (C=O) groups excluding carboxylic acids is 1. The highest BCUT2D eigenvalue weighted by Gasteiger charge is 2.18. The van der Waals surface area contributed by atoms with Crippen molar-refractivity contribution in [3.8, 4) is 0 Å². The van der Waals surface area contributed by atoms with Gasteiger partial charge in [-0.3, -0.25) is 4.79 Å². The average Bonchev–Trinajstić information content (AvgIpc) is 2.46. The van der Waals surface area contributed by atoms with Crippen LogP contribution in [-0.2, 0) is 11.2 Å². The summed E-state index contributed by atoms with van der Waals surface area (Å²) in [7, 11) is 0.